The van der Waals surface area contributed by atoms with Crippen LogP contribution in [0.15, 0.2) is 24.3 Å². The van der Waals surface area contributed by atoms with Crippen LogP contribution in [-0.4, -0.2) is 23.4 Å². The molecule has 0 aliphatic heterocycles. The lowest BCUT2D eigenvalue weighted by atomic mass is 10.0. The molecule has 2 rings (SSSR count). The molecule has 1 aliphatic carbocycles. The molecule has 0 bridgehead atoms. The minimum Gasteiger partial charge on any atom is -0.404 e. The largest absolute Gasteiger partial charge is 0.524 e. The summed E-state index contributed by atoms with van der Waals surface area (Å²) in [7, 11) is -2.59. The van der Waals surface area contributed by atoms with E-state index in [4.69, 9.17) is 9.79 Å². The molecular formula is C12H16NO4P. The van der Waals surface area contributed by atoms with Gasteiger partial charge in [0.05, 0.1) is 0 Å². The van der Waals surface area contributed by atoms with Crippen molar-refractivity contribution in [1.82, 2.24) is 5.32 Å². The van der Waals surface area contributed by atoms with E-state index in [-0.39, 0.29) is 5.75 Å². The quantitative estimate of drug-likeness (QED) is 0.709. The molecule has 0 saturated heterocycles. The number of allylic oxidation sites excluding steroid dienone is 1. The van der Waals surface area contributed by atoms with Crippen molar-refractivity contribution in [3.05, 3.63) is 35.4 Å². The average molecular weight is 269 g/mol. The topological polar surface area (TPSA) is 78.8 Å². The van der Waals surface area contributed by atoms with Gasteiger partial charge in [-0.1, -0.05) is 12.1 Å². The predicted molar refractivity (Wildman–Crippen MR) is 69.3 cm³/mol. The van der Waals surface area contributed by atoms with Gasteiger partial charge in [-0.05, 0) is 55.3 Å². The zero-order valence-corrected chi connectivity index (χ0v) is 11.0. The van der Waals surface area contributed by atoms with Crippen LogP contribution in [-0.2, 0) is 11.0 Å². The van der Waals surface area contributed by atoms with Crippen LogP contribution >= 0.6 is 7.82 Å². The van der Waals surface area contributed by atoms with Crippen LogP contribution in [0.25, 0.3) is 5.57 Å². The Balaban J connectivity index is 2.21. The van der Waals surface area contributed by atoms with Crippen LogP contribution in [0.3, 0.4) is 0 Å². The minimum absolute atomic E-state index is 0.208. The molecule has 0 saturated carbocycles. The third-order valence-corrected chi connectivity index (χ3v) is 3.31. The van der Waals surface area contributed by atoms with Crippen molar-refractivity contribution in [2.75, 3.05) is 13.6 Å². The van der Waals surface area contributed by atoms with Crippen LogP contribution < -0.4 is 9.84 Å². The molecule has 5 nitrogen and oxygen atoms in total. The standard InChI is InChI=1S/C12H16NO4P/c1-13-7-6-10-3-2-9-4-5-11(8-12(9)10)17-18(14,15)16/h3-5,8,13H,2,6-7H2,1H3,(H2,14,15,16). The second kappa shape index (κ2) is 5.24. The highest BCUT2D eigenvalue weighted by Crippen LogP contribution is 2.40. The normalized spacial score (nSPS) is 14.3. The Bertz CT molecular complexity index is 521. The minimum atomic E-state index is -4.49. The monoisotopic (exact) mass is 269 g/mol. The van der Waals surface area contributed by atoms with E-state index in [0.717, 1.165) is 24.9 Å². The Labute approximate surface area is 106 Å². The van der Waals surface area contributed by atoms with Gasteiger partial charge in [0.15, 0.2) is 0 Å². The maximum absolute atomic E-state index is 10.8. The fraction of sp³-hybridized carbons (Fsp3) is 0.333. The van der Waals surface area contributed by atoms with E-state index in [9.17, 15) is 4.57 Å². The summed E-state index contributed by atoms with van der Waals surface area (Å²) in [6.45, 7) is 0.870. The molecule has 0 spiro atoms. The zero-order chi connectivity index (χ0) is 13.2. The van der Waals surface area contributed by atoms with E-state index in [1.807, 2.05) is 13.1 Å². The van der Waals surface area contributed by atoms with Crippen molar-refractivity contribution in [1.29, 1.82) is 0 Å². The number of phosphoric acid groups is 1. The van der Waals surface area contributed by atoms with Gasteiger partial charge >= 0.3 is 7.82 Å². The predicted octanol–water partition coefficient (Wildman–Crippen LogP) is 1.71. The molecule has 3 N–H and O–H groups in total. The van der Waals surface area contributed by atoms with Gasteiger partial charge < -0.3 is 9.84 Å². The smallest absolute Gasteiger partial charge is 0.404 e. The molecule has 1 aromatic carbocycles. The van der Waals surface area contributed by atoms with Crippen LogP contribution in [0.1, 0.15) is 17.5 Å². The summed E-state index contributed by atoms with van der Waals surface area (Å²) >= 11 is 0. The number of hydrogen-bond acceptors (Lipinski definition) is 3. The summed E-state index contributed by atoms with van der Waals surface area (Å²) in [6.07, 6.45) is 3.90. The molecule has 0 amide bonds. The van der Waals surface area contributed by atoms with Crippen molar-refractivity contribution in [3.63, 3.8) is 0 Å². The second-order valence-corrected chi connectivity index (χ2v) is 5.35. The lowest BCUT2D eigenvalue weighted by molar-refractivity contribution is 0.283. The van der Waals surface area contributed by atoms with Gasteiger partial charge in [-0.15, -0.1) is 0 Å². The molecular weight excluding hydrogens is 253 g/mol. The highest BCUT2D eigenvalue weighted by atomic mass is 31.2. The molecule has 98 valence electrons. The Morgan fingerprint density at radius 3 is 2.89 bits per heavy atom. The fourth-order valence-electron chi connectivity index (χ4n) is 2.07. The highest BCUT2D eigenvalue weighted by molar-refractivity contribution is 7.46. The van der Waals surface area contributed by atoms with E-state index in [2.05, 4.69) is 15.9 Å². The number of benzene rings is 1. The molecule has 0 fully saturated rings. The molecule has 0 radical (unpaired) electrons. The van der Waals surface area contributed by atoms with E-state index in [0.29, 0.717) is 0 Å². The lowest BCUT2D eigenvalue weighted by Crippen LogP contribution is -2.07. The van der Waals surface area contributed by atoms with Crippen molar-refractivity contribution in [2.45, 2.75) is 12.8 Å². The first-order valence-electron chi connectivity index (χ1n) is 5.71. The summed E-state index contributed by atoms with van der Waals surface area (Å²) in [6, 6.07) is 5.14. The number of hydrogen-bond donors (Lipinski definition) is 3. The highest BCUT2D eigenvalue weighted by Gasteiger charge is 2.19. The number of phosphoric ester groups is 1. The zero-order valence-electron chi connectivity index (χ0n) is 10.1. The van der Waals surface area contributed by atoms with Gasteiger partial charge in [-0.25, -0.2) is 4.57 Å². The van der Waals surface area contributed by atoms with Gasteiger partial charge in [-0.3, -0.25) is 9.79 Å². The SMILES string of the molecule is CNCCC1=CCc2ccc(OP(=O)(O)O)cc21. The summed E-state index contributed by atoms with van der Waals surface area (Å²) < 4.78 is 15.4. The van der Waals surface area contributed by atoms with Crippen molar-refractivity contribution in [2.24, 2.45) is 0 Å². The first kappa shape index (κ1) is 13.3. The van der Waals surface area contributed by atoms with Gasteiger partial charge in [0.1, 0.15) is 5.75 Å². The summed E-state index contributed by atoms with van der Waals surface area (Å²) in [5.74, 6) is 0.208. The molecule has 18 heavy (non-hydrogen) atoms. The third-order valence-electron chi connectivity index (χ3n) is 2.86. The van der Waals surface area contributed by atoms with Crippen LogP contribution in [0.2, 0.25) is 0 Å². The summed E-state index contributed by atoms with van der Waals surface area (Å²) in [5, 5.41) is 3.08. The maximum Gasteiger partial charge on any atom is 0.524 e. The first-order valence-corrected chi connectivity index (χ1v) is 7.25. The van der Waals surface area contributed by atoms with Crippen LogP contribution in [0, 0.1) is 0 Å². The molecule has 0 atom stereocenters. The Hall–Kier alpha value is -1.13. The van der Waals surface area contributed by atoms with Gasteiger partial charge in [0.25, 0.3) is 0 Å². The Morgan fingerprint density at radius 2 is 2.22 bits per heavy atom. The Kier molecular flexibility index (Phi) is 3.88. The molecule has 1 aliphatic rings. The van der Waals surface area contributed by atoms with Crippen molar-refractivity contribution >= 4 is 13.4 Å². The lowest BCUT2D eigenvalue weighted by Gasteiger charge is -2.10. The van der Waals surface area contributed by atoms with Crippen LogP contribution in [0.5, 0.6) is 5.75 Å². The third kappa shape index (κ3) is 3.21. The number of nitrogens with one attached hydrogen (secondary N) is 1. The maximum atomic E-state index is 10.8. The second-order valence-electron chi connectivity index (χ2n) is 4.19. The molecule has 1 aromatic rings. The van der Waals surface area contributed by atoms with Gasteiger partial charge in [0.2, 0.25) is 0 Å². The molecule has 6 heteroatoms. The van der Waals surface area contributed by atoms with E-state index < -0.39 is 7.82 Å². The van der Waals surface area contributed by atoms with Crippen molar-refractivity contribution < 1.29 is 18.9 Å². The van der Waals surface area contributed by atoms with E-state index in [1.165, 1.54) is 11.1 Å². The van der Waals surface area contributed by atoms with E-state index >= 15 is 0 Å². The van der Waals surface area contributed by atoms with E-state index in [1.54, 1.807) is 12.1 Å². The average Bonchev–Trinajstić information content (AvgIpc) is 2.67. The van der Waals surface area contributed by atoms with Gasteiger partial charge in [-0.2, -0.15) is 0 Å². The van der Waals surface area contributed by atoms with Crippen molar-refractivity contribution in [3.8, 4) is 5.75 Å². The first-order chi connectivity index (χ1) is 8.49. The molecule has 0 aromatic heterocycles. The summed E-state index contributed by atoms with van der Waals surface area (Å²) in [5.41, 5.74) is 3.38. The fourth-order valence-corrected chi connectivity index (χ4v) is 2.45. The number of fused-ring (bicyclic) bond motifs is 1. The summed E-state index contributed by atoms with van der Waals surface area (Å²) in [4.78, 5) is 17.6. The van der Waals surface area contributed by atoms with Gasteiger partial charge in [0, 0.05) is 0 Å². The van der Waals surface area contributed by atoms with Crippen LogP contribution in [0.4, 0.5) is 0 Å². The molecule has 0 unspecified atom stereocenters. The Morgan fingerprint density at radius 1 is 1.44 bits per heavy atom. The molecule has 0 heterocycles. The number of rotatable bonds is 5.